The van der Waals surface area contributed by atoms with Gasteiger partial charge in [-0.3, -0.25) is 0 Å². The lowest BCUT2D eigenvalue weighted by Gasteiger charge is -2.32. The van der Waals surface area contributed by atoms with Crippen LogP contribution in [0.2, 0.25) is 0 Å². The molecule has 0 radical (unpaired) electrons. The number of ether oxygens (including phenoxy) is 1. The summed E-state index contributed by atoms with van der Waals surface area (Å²) < 4.78 is 32.2. The summed E-state index contributed by atoms with van der Waals surface area (Å²) >= 11 is 0. The van der Waals surface area contributed by atoms with Crippen LogP contribution in [0.25, 0.3) is 0 Å². The molecule has 0 spiro atoms. The van der Waals surface area contributed by atoms with E-state index < -0.39 is 10.0 Å². The molecule has 1 N–H and O–H groups in total. The summed E-state index contributed by atoms with van der Waals surface area (Å²) in [5.74, 6) is 0.708. The Hall–Kier alpha value is -1.11. The molecule has 2 rings (SSSR count). The van der Waals surface area contributed by atoms with Crippen molar-refractivity contribution in [3.8, 4) is 5.75 Å². The van der Waals surface area contributed by atoms with E-state index in [9.17, 15) is 8.42 Å². The minimum Gasteiger partial charge on any atom is -0.494 e. The first-order valence-electron chi connectivity index (χ1n) is 7.01. The van der Waals surface area contributed by atoms with Crippen molar-refractivity contribution in [1.82, 2.24) is 9.62 Å². The largest absolute Gasteiger partial charge is 0.494 e. The van der Waals surface area contributed by atoms with Gasteiger partial charge in [0.25, 0.3) is 0 Å². The Morgan fingerprint density at radius 3 is 2.65 bits per heavy atom. The number of hydrogen-bond acceptors (Lipinski definition) is 4. The lowest BCUT2D eigenvalue weighted by Crippen LogP contribution is -2.52. The molecule has 1 atom stereocenters. The predicted octanol–water partition coefficient (Wildman–Crippen LogP) is 1.46. The van der Waals surface area contributed by atoms with Crippen molar-refractivity contribution in [2.45, 2.75) is 31.2 Å². The van der Waals surface area contributed by atoms with Crippen molar-refractivity contribution in [1.29, 1.82) is 0 Å². The van der Waals surface area contributed by atoms with Gasteiger partial charge in [0.15, 0.2) is 0 Å². The van der Waals surface area contributed by atoms with E-state index in [1.54, 1.807) is 28.6 Å². The Morgan fingerprint density at radius 1 is 1.35 bits per heavy atom. The number of rotatable bonds is 5. The summed E-state index contributed by atoms with van der Waals surface area (Å²) in [6.07, 6.45) is 0.929. The highest BCUT2D eigenvalue weighted by Gasteiger charge is 2.30. The quantitative estimate of drug-likeness (QED) is 0.894. The van der Waals surface area contributed by atoms with Gasteiger partial charge in [-0.1, -0.05) is 6.92 Å². The summed E-state index contributed by atoms with van der Waals surface area (Å²) in [5, 5.41) is 3.19. The number of nitrogens with one attached hydrogen (secondary N) is 1. The van der Waals surface area contributed by atoms with Gasteiger partial charge in [-0.2, -0.15) is 4.31 Å². The highest BCUT2D eigenvalue weighted by Crippen LogP contribution is 2.22. The summed E-state index contributed by atoms with van der Waals surface area (Å²) in [5.41, 5.74) is 0. The van der Waals surface area contributed by atoms with Crippen LogP contribution < -0.4 is 10.1 Å². The first-order valence-corrected chi connectivity index (χ1v) is 8.45. The molecular weight excluding hydrogens is 276 g/mol. The zero-order valence-corrected chi connectivity index (χ0v) is 12.8. The molecule has 20 heavy (non-hydrogen) atoms. The summed E-state index contributed by atoms with van der Waals surface area (Å²) in [4.78, 5) is 0.329. The van der Waals surface area contributed by atoms with E-state index >= 15 is 0 Å². The molecule has 0 amide bonds. The van der Waals surface area contributed by atoms with Crippen molar-refractivity contribution in [2.24, 2.45) is 0 Å². The Kier molecular flexibility index (Phi) is 5.01. The molecule has 1 aliphatic heterocycles. The summed E-state index contributed by atoms with van der Waals surface area (Å²) in [6.45, 7) is 6.49. The number of nitrogens with zero attached hydrogens (tertiary/aromatic N) is 1. The third-order valence-corrected chi connectivity index (χ3v) is 5.37. The van der Waals surface area contributed by atoms with Gasteiger partial charge in [0.1, 0.15) is 5.75 Å². The monoisotopic (exact) mass is 298 g/mol. The zero-order valence-electron chi connectivity index (χ0n) is 12.0. The maximum absolute atomic E-state index is 12.6. The third-order valence-electron chi connectivity index (χ3n) is 3.34. The van der Waals surface area contributed by atoms with Crippen molar-refractivity contribution >= 4 is 10.0 Å². The fourth-order valence-electron chi connectivity index (χ4n) is 2.24. The molecule has 0 unspecified atom stereocenters. The van der Waals surface area contributed by atoms with Crippen LogP contribution in [0, 0.1) is 0 Å². The minimum atomic E-state index is -3.41. The van der Waals surface area contributed by atoms with E-state index in [1.807, 2.05) is 13.8 Å². The van der Waals surface area contributed by atoms with Crippen LogP contribution in [0.1, 0.15) is 20.3 Å². The Labute approximate surface area is 121 Å². The van der Waals surface area contributed by atoms with Crippen LogP contribution in [0.3, 0.4) is 0 Å². The zero-order chi connectivity index (χ0) is 14.6. The molecule has 1 aromatic carbocycles. The van der Waals surface area contributed by atoms with Gasteiger partial charge in [-0.25, -0.2) is 8.42 Å². The minimum absolute atomic E-state index is 0.0234. The fraction of sp³-hybridized carbons (Fsp3) is 0.571. The number of benzene rings is 1. The normalized spacial score (nSPS) is 20.8. The SMILES string of the molecule is CCCOc1ccc(S(=O)(=O)N2CCNC[C@@H]2C)cc1. The van der Waals surface area contributed by atoms with Gasteiger partial charge in [0.2, 0.25) is 10.0 Å². The second kappa shape index (κ2) is 6.56. The maximum atomic E-state index is 12.6. The molecule has 112 valence electrons. The molecule has 0 aromatic heterocycles. The van der Waals surface area contributed by atoms with E-state index in [1.165, 1.54) is 0 Å². The number of piperazine rings is 1. The molecule has 6 heteroatoms. The van der Waals surface area contributed by atoms with Gasteiger partial charge in [-0.15, -0.1) is 0 Å². The molecule has 1 fully saturated rings. The van der Waals surface area contributed by atoms with Gasteiger partial charge in [0, 0.05) is 25.7 Å². The van der Waals surface area contributed by atoms with E-state index in [4.69, 9.17) is 4.74 Å². The van der Waals surface area contributed by atoms with E-state index in [-0.39, 0.29) is 6.04 Å². The van der Waals surface area contributed by atoms with Crippen molar-refractivity contribution < 1.29 is 13.2 Å². The van der Waals surface area contributed by atoms with Gasteiger partial charge in [-0.05, 0) is 37.6 Å². The van der Waals surface area contributed by atoms with Crippen LogP contribution >= 0.6 is 0 Å². The highest BCUT2D eigenvalue weighted by atomic mass is 32.2. The molecule has 0 bridgehead atoms. The second-order valence-electron chi connectivity index (χ2n) is 4.99. The number of sulfonamides is 1. The first-order chi connectivity index (χ1) is 9.55. The average molecular weight is 298 g/mol. The summed E-state index contributed by atoms with van der Waals surface area (Å²) in [7, 11) is -3.41. The van der Waals surface area contributed by atoms with Crippen LogP contribution in [-0.2, 0) is 10.0 Å². The molecule has 1 aliphatic rings. The van der Waals surface area contributed by atoms with E-state index in [0.717, 1.165) is 6.42 Å². The highest BCUT2D eigenvalue weighted by molar-refractivity contribution is 7.89. The predicted molar refractivity (Wildman–Crippen MR) is 78.5 cm³/mol. The molecule has 0 saturated carbocycles. The van der Waals surface area contributed by atoms with Gasteiger partial charge >= 0.3 is 0 Å². The smallest absolute Gasteiger partial charge is 0.243 e. The van der Waals surface area contributed by atoms with Crippen LogP contribution in [0.5, 0.6) is 5.75 Å². The maximum Gasteiger partial charge on any atom is 0.243 e. The average Bonchev–Trinajstić information content (AvgIpc) is 2.46. The van der Waals surface area contributed by atoms with E-state index in [2.05, 4.69) is 5.32 Å². The van der Waals surface area contributed by atoms with Crippen LogP contribution in [0.4, 0.5) is 0 Å². The Balaban J connectivity index is 2.16. The van der Waals surface area contributed by atoms with Crippen molar-refractivity contribution in [3.05, 3.63) is 24.3 Å². The standard InChI is InChI=1S/C14H22N2O3S/c1-3-10-19-13-4-6-14(7-5-13)20(17,18)16-9-8-15-11-12(16)2/h4-7,12,15H,3,8-11H2,1-2H3/t12-/m0/s1. The van der Waals surface area contributed by atoms with Gasteiger partial charge in [0.05, 0.1) is 11.5 Å². The lowest BCUT2D eigenvalue weighted by atomic mass is 10.3. The van der Waals surface area contributed by atoms with Gasteiger partial charge < -0.3 is 10.1 Å². The third kappa shape index (κ3) is 3.31. The van der Waals surface area contributed by atoms with E-state index in [0.29, 0.717) is 36.9 Å². The fourth-order valence-corrected chi connectivity index (χ4v) is 3.87. The Morgan fingerprint density at radius 2 is 2.05 bits per heavy atom. The number of hydrogen-bond donors (Lipinski definition) is 1. The second-order valence-corrected chi connectivity index (χ2v) is 6.88. The molecule has 1 saturated heterocycles. The van der Waals surface area contributed by atoms with Crippen LogP contribution in [-0.4, -0.2) is 45.0 Å². The van der Waals surface area contributed by atoms with Crippen molar-refractivity contribution in [2.75, 3.05) is 26.2 Å². The molecule has 0 aliphatic carbocycles. The van der Waals surface area contributed by atoms with Crippen molar-refractivity contribution in [3.63, 3.8) is 0 Å². The lowest BCUT2D eigenvalue weighted by molar-refractivity contribution is 0.284. The Bertz CT molecular complexity index is 528. The molecular formula is C14H22N2O3S. The summed E-state index contributed by atoms with van der Waals surface area (Å²) in [6, 6.07) is 6.65. The molecule has 1 heterocycles. The van der Waals surface area contributed by atoms with Crippen LogP contribution in [0.15, 0.2) is 29.2 Å². The molecule has 1 aromatic rings. The topological polar surface area (TPSA) is 58.6 Å². The first kappa shape index (κ1) is 15.3. The molecule has 5 nitrogen and oxygen atoms in total.